The van der Waals surface area contributed by atoms with Crippen LogP contribution < -0.4 is 25.6 Å². The van der Waals surface area contributed by atoms with Crippen molar-refractivity contribution in [2.75, 3.05) is 22.1 Å². The van der Waals surface area contributed by atoms with Gasteiger partial charge in [-0.15, -0.1) is 0 Å². The average Bonchev–Trinajstić information content (AvgIpc) is 4.00. The highest BCUT2D eigenvalue weighted by Crippen LogP contribution is 2.48. The van der Waals surface area contributed by atoms with E-state index < -0.39 is 29.9 Å². The van der Waals surface area contributed by atoms with Crippen LogP contribution >= 0.6 is 0 Å². The molecule has 1 aliphatic rings. The molecule has 14 nitrogen and oxygen atoms in total. The number of H-pyrrole nitrogens is 1. The SMILES string of the molecule is CC[C@@H]1CN(C(=O)c2cc3cc(NC(=O)c4cc5cccc(NC(=O)C(CC(C)C)NC(=O)Oc6ccccc6)c5o4)ccc3o2)c2cc(O)c3[nH]c(C)c(C=O)c3c21. The number of aromatic hydroxyl groups is 1. The number of carbonyl (C=O) groups is 5. The van der Waals surface area contributed by atoms with E-state index in [0.29, 0.717) is 80.7 Å². The monoisotopic (exact) mass is 795 g/mol. The van der Waals surface area contributed by atoms with Crippen LogP contribution in [0.1, 0.15) is 82.3 Å². The molecule has 2 atom stereocenters. The van der Waals surface area contributed by atoms with Crippen LogP contribution in [-0.4, -0.2) is 52.8 Å². The predicted molar refractivity (Wildman–Crippen MR) is 223 cm³/mol. The third-order valence-electron chi connectivity index (χ3n) is 10.5. The molecule has 0 fully saturated rings. The fraction of sp³-hybridized carbons (Fsp3) is 0.222. The van der Waals surface area contributed by atoms with Gasteiger partial charge in [0.05, 0.1) is 16.9 Å². The van der Waals surface area contributed by atoms with Gasteiger partial charge < -0.3 is 44.5 Å². The van der Waals surface area contributed by atoms with E-state index in [1.54, 1.807) is 96.8 Å². The Morgan fingerprint density at radius 3 is 2.47 bits per heavy atom. The number of ether oxygens (including phenoxy) is 1. The highest BCUT2D eigenvalue weighted by molar-refractivity contribution is 6.13. The molecule has 1 unspecified atom stereocenters. The summed E-state index contributed by atoms with van der Waals surface area (Å²) < 4.78 is 17.3. The second-order valence-corrected chi connectivity index (χ2v) is 15.1. The van der Waals surface area contributed by atoms with Gasteiger partial charge in [0.25, 0.3) is 11.8 Å². The number of anilines is 3. The highest BCUT2D eigenvalue weighted by Gasteiger charge is 2.37. The van der Waals surface area contributed by atoms with Gasteiger partial charge in [0.1, 0.15) is 23.1 Å². The lowest BCUT2D eigenvalue weighted by Gasteiger charge is -2.20. The summed E-state index contributed by atoms with van der Waals surface area (Å²) in [6.45, 7) is 7.99. The largest absolute Gasteiger partial charge is 0.506 e. The van der Waals surface area contributed by atoms with Crippen molar-refractivity contribution >= 4 is 80.0 Å². The Labute approximate surface area is 337 Å². The number of nitrogens with one attached hydrogen (secondary N) is 4. The van der Waals surface area contributed by atoms with Gasteiger partial charge in [-0.05, 0) is 79.8 Å². The van der Waals surface area contributed by atoms with Gasteiger partial charge in [-0.3, -0.25) is 19.2 Å². The minimum atomic E-state index is -0.919. The van der Waals surface area contributed by atoms with E-state index in [1.807, 2.05) is 20.8 Å². The number of rotatable bonds is 11. The van der Waals surface area contributed by atoms with E-state index in [0.717, 1.165) is 11.8 Å². The first-order valence-electron chi connectivity index (χ1n) is 19.3. The third kappa shape index (κ3) is 7.36. The minimum absolute atomic E-state index is 0.0148. The van der Waals surface area contributed by atoms with Crippen LogP contribution in [0.5, 0.6) is 11.5 Å². The van der Waals surface area contributed by atoms with Crippen molar-refractivity contribution in [3.63, 3.8) is 0 Å². The molecule has 14 heteroatoms. The molecule has 3 aromatic heterocycles. The Bertz CT molecular complexity index is 2800. The lowest BCUT2D eigenvalue weighted by atomic mass is 9.93. The topological polar surface area (TPSA) is 196 Å². The Kier molecular flexibility index (Phi) is 10.1. The van der Waals surface area contributed by atoms with Gasteiger partial charge in [-0.25, -0.2) is 4.79 Å². The molecule has 59 heavy (non-hydrogen) atoms. The first-order valence-corrected chi connectivity index (χ1v) is 19.3. The molecule has 4 aromatic carbocycles. The van der Waals surface area contributed by atoms with Gasteiger partial charge in [0.15, 0.2) is 23.4 Å². The fourth-order valence-electron chi connectivity index (χ4n) is 7.75. The number of aldehydes is 1. The Balaban J connectivity index is 0.985. The number of aryl methyl sites for hydroxylation is 1. The van der Waals surface area contributed by atoms with E-state index in [9.17, 15) is 29.1 Å². The van der Waals surface area contributed by atoms with Crippen molar-refractivity contribution in [3.05, 3.63) is 113 Å². The van der Waals surface area contributed by atoms with Crippen LogP contribution in [0.15, 0.2) is 93.8 Å². The summed E-state index contributed by atoms with van der Waals surface area (Å²) >= 11 is 0. The molecule has 0 radical (unpaired) electrons. The molecule has 4 amide bonds. The number of furan rings is 2. The van der Waals surface area contributed by atoms with Crippen molar-refractivity contribution in [1.29, 1.82) is 0 Å². The summed E-state index contributed by atoms with van der Waals surface area (Å²) in [5.41, 5.74) is 4.32. The van der Waals surface area contributed by atoms with Crippen LogP contribution in [0.4, 0.5) is 21.9 Å². The molecule has 0 saturated heterocycles. The molecule has 1 aliphatic heterocycles. The maximum atomic E-state index is 14.0. The van der Waals surface area contributed by atoms with E-state index in [4.69, 9.17) is 13.6 Å². The van der Waals surface area contributed by atoms with E-state index in [1.165, 1.54) is 0 Å². The second-order valence-electron chi connectivity index (χ2n) is 15.1. The molecule has 0 saturated carbocycles. The lowest BCUT2D eigenvalue weighted by Crippen LogP contribution is -2.45. The Hall–Kier alpha value is -7.35. The number of phenolic OH excluding ortho intramolecular Hbond substituents is 1. The number of para-hydroxylation sites is 2. The van der Waals surface area contributed by atoms with E-state index in [-0.39, 0.29) is 34.7 Å². The number of fused-ring (bicyclic) bond motifs is 5. The molecule has 0 bridgehead atoms. The van der Waals surface area contributed by atoms with E-state index in [2.05, 4.69) is 20.9 Å². The molecular formula is C45H41N5O9. The van der Waals surface area contributed by atoms with Gasteiger partial charge >= 0.3 is 6.09 Å². The second kappa shape index (κ2) is 15.5. The first-order chi connectivity index (χ1) is 28.4. The summed E-state index contributed by atoms with van der Waals surface area (Å²) in [6.07, 6.45) is 1.04. The Morgan fingerprint density at radius 1 is 0.949 bits per heavy atom. The number of hydrogen-bond acceptors (Lipinski definition) is 9. The van der Waals surface area contributed by atoms with Crippen LogP contribution in [0.3, 0.4) is 0 Å². The number of aromatic amines is 1. The number of phenols is 1. The van der Waals surface area contributed by atoms with Crippen LogP contribution in [0.25, 0.3) is 32.8 Å². The van der Waals surface area contributed by atoms with Gasteiger partial charge in [0.2, 0.25) is 5.91 Å². The summed E-state index contributed by atoms with van der Waals surface area (Å²) in [7, 11) is 0. The van der Waals surface area contributed by atoms with Crippen LogP contribution in [0.2, 0.25) is 0 Å². The first kappa shape index (κ1) is 38.5. The summed E-state index contributed by atoms with van der Waals surface area (Å²) in [6, 6.07) is 22.4. The van der Waals surface area contributed by atoms with Crippen molar-refractivity contribution in [1.82, 2.24) is 10.3 Å². The quantitative estimate of drug-likeness (QED) is 0.0794. The number of nitrogens with zero attached hydrogens (tertiary/aromatic N) is 1. The Morgan fingerprint density at radius 2 is 1.73 bits per heavy atom. The summed E-state index contributed by atoms with van der Waals surface area (Å²) in [4.78, 5) is 70.4. The normalized spacial score (nSPS) is 14.1. The average molecular weight is 796 g/mol. The molecule has 0 aliphatic carbocycles. The lowest BCUT2D eigenvalue weighted by molar-refractivity contribution is -0.118. The van der Waals surface area contributed by atoms with Gasteiger partial charge in [-0.2, -0.15) is 0 Å². The number of amides is 4. The zero-order chi connectivity index (χ0) is 41.5. The van der Waals surface area contributed by atoms with Crippen molar-refractivity contribution in [2.45, 2.75) is 52.5 Å². The maximum absolute atomic E-state index is 14.0. The summed E-state index contributed by atoms with van der Waals surface area (Å²) in [5, 5.41) is 21.0. The molecule has 300 valence electrons. The third-order valence-corrected chi connectivity index (χ3v) is 10.5. The van der Waals surface area contributed by atoms with Gasteiger partial charge in [0, 0.05) is 51.6 Å². The number of carbonyl (C=O) groups excluding carboxylic acids is 5. The zero-order valence-electron chi connectivity index (χ0n) is 32.7. The number of benzene rings is 4. The number of aromatic nitrogens is 1. The predicted octanol–water partition coefficient (Wildman–Crippen LogP) is 9.03. The zero-order valence-corrected chi connectivity index (χ0v) is 32.7. The van der Waals surface area contributed by atoms with Crippen LogP contribution in [-0.2, 0) is 4.79 Å². The number of hydrogen-bond donors (Lipinski definition) is 5. The smallest absolute Gasteiger partial charge is 0.413 e. The summed E-state index contributed by atoms with van der Waals surface area (Å²) in [5.74, 6) is -1.13. The van der Waals surface area contributed by atoms with Crippen molar-refractivity contribution < 1.29 is 42.7 Å². The minimum Gasteiger partial charge on any atom is -0.506 e. The highest BCUT2D eigenvalue weighted by atomic mass is 16.6. The molecular weight excluding hydrogens is 755 g/mol. The molecule has 7 aromatic rings. The van der Waals surface area contributed by atoms with Gasteiger partial charge in [-0.1, -0.05) is 51.1 Å². The van der Waals surface area contributed by atoms with Crippen molar-refractivity contribution in [2.24, 2.45) is 5.92 Å². The van der Waals surface area contributed by atoms with Crippen molar-refractivity contribution in [3.8, 4) is 11.5 Å². The van der Waals surface area contributed by atoms with Crippen LogP contribution in [0, 0.1) is 12.8 Å². The fourth-order valence-corrected chi connectivity index (χ4v) is 7.75. The standard InChI is InChI=1S/C45H41N5O9/c1-5-25-21-50(33-20-34(52)40-39(38(25)33)30(22-51)24(4)46-40)44(55)37-19-27-17-28(14-15-35(27)58-37)47-43(54)36-18-26-10-9-13-31(41(26)59-36)48-42(53)32(16-23(2)3)49-45(56)57-29-11-7-6-8-12-29/h6-15,17-20,22-23,25,32,46,52H,5,16,21H2,1-4H3,(H,47,54)(H,48,53)(H,49,56)/t25-,32?/m1/s1. The molecule has 0 spiro atoms. The molecule has 5 N–H and O–H groups in total. The van der Waals surface area contributed by atoms with E-state index >= 15 is 0 Å². The molecule has 4 heterocycles. The maximum Gasteiger partial charge on any atom is 0.413 e. The molecule has 8 rings (SSSR count).